The van der Waals surface area contributed by atoms with Gasteiger partial charge >= 0.3 is 0 Å². The van der Waals surface area contributed by atoms with E-state index in [0.717, 1.165) is 56.7 Å². The fraction of sp³-hybridized carbons (Fsp3) is 0.483. The summed E-state index contributed by atoms with van der Waals surface area (Å²) in [4.78, 5) is 4.95. The molecule has 0 bridgehead atoms. The number of phenols is 1. The van der Waals surface area contributed by atoms with Gasteiger partial charge in [-0.25, -0.2) is 4.39 Å². The third-order valence-electron chi connectivity index (χ3n) is 7.37. The number of piperidine rings is 1. The normalized spacial score (nSPS) is 15.9. The largest absolute Gasteiger partial charge is 0.504 e. The van der Waals surface area contributed by atoms with Gasteiger partial charge in [-0.05, 0) is 94.6 Å². The monoisotopic (exact) mass is 494 g/mol. The number of likely N-dealkylation sites (tertiary alicyclic amines) is 1. The molecular weight excluding hydrogens is 455 g/mol. The molecule has 1 aliphatic rings. The van der Waals surface area contributed by atoms with Gasteiger partial charge in [0.1, 0.15) is 5.82 Å². The summed E-state index contributed by atoms with van der Waals surface area (Å²) in [6, 6.07) is 13.0. The summed E-state index contributed by atoms with van der Waals surface area (Å²) in [6.07, 6.45) is 5.23. The number of nitrogens with zero attached hydrogens (tertiary/aromatic N) is 4. The number of aryl methyl sites for hydroxylation is 2. The van der Waals surface area contributed by atoms with E-state index in [-0.39, 0.29) is 11.6 Å². The molecule has 2 heterocycles. The molecule has 6 nitrogen and oxygen atoms in total. The van der Waals surface area contributed by atoms with Gasteiger partial charge < -0.3 is 9.84 Å². The third kappa shape index (κ3) is 6.65. The first-order chi connectivity index (χ1) is 17.3. The predicted octanol–water partition coefficient (Wildman–Crippen LogP) is 4.93. The first kappa shape index (κ1) is 26.2. The van der Waals surface area contributed by atoms with Crippen molar-refractivity contribution in [2.45, 2.75) is 52.2 Å². The summed E-state index contributed by atoms with van der Waals surface area (Å²) in [5.41, 5.74) is 4.65. The summed E-state index contributed by atoms with van der Waals surface area (Å²) in [5, 5.41) is 14.5. The van der Waals surface area contributed by atoms with Crippen molar-refractivity contribution in [1.29, 1.82) is 0 Å². The number of phenolic OH excluding ortho intramolecular Hbond substituents is 1. The average Bonchev–Trinajstić information content (AvgIpc) is 3.17. The van der Waals surface area contributed by atoms with Crippen molar-refractivity contribution in [3.63, 3.8) is 0 Å². The quantitative estimate of drug-likeness (QED) is 0.433. The molecule has 1 fully saturated rings. The number of likely N-dealkylation sites (N-methyl/N-ethyl adjacent to an activating group) is 1. The minimum Gasteiger partial charge on any atom is -0.504 e. The van der Waals surface area contributed by atoms with Gasteiger partial charge in [0.25, 0.3) is 0 Å². The molecule has 0 saturated carbocycles. The summed E-state index contributed by atoms with van der Waals surface area (Å²) >= 11 is 0. The van der Waals surface area contributed by atoms with E-state index in [4.69, 9.17) is 4.74 Å². The topological polar surface area (TPSA) is 53.8 Å². The lowest BCUT2D eigenvalue weighted by atomic mass is 9.84. The zero-order chi connectivity index (χ0) is 25.7. The molecule has 1 aromatic heterocycles. The second-order valence-electron chi connectivity index (χ2n) is 10.1. The lowest BCUT2D eigenvalue weighted by molar-refractivity contribution is 0.0952. The molecule has 1 atom stereocenters. The molecule has 194 valence electrons. The second-order valence-corrected chi connectivity index (χ2v) is 10.1. The number of rotatable bonds is 10. The Bertz CT molecular complexity index is 1120. The molecule has 0 spiro atoms. The molecule has 0 amide bonds. The second kappa shape index (κ2) is 11.9. The zero-order valence-electron chi connectivity index (χ0n) is 22.0. The summed E-state index contributed by atoms with van der Waals surface area (Å²) in [7, 11) is 4.17. The van der Waals surface area contributed by atoms with E-state index in [2.05, 4.69) is 35.1 Å². The van der Waals surface area contributed by atoms with E-state index >= 15 is 0 Å². The van der Waals surface area contributed by atoms with Crippen molar-refractivity contribution >= 4 is 0 Å². The Labute approximate surface area is 214 Å². The Morgan fingerprint density at radius 1 is 1.14 bits per heavy atom. The van der Waals surface area contributed by atoms with Crippen LogP contribution in [0.15, 0.2) is 48.7 Å². The van der Waals surface area contributed by atoms with Crippen LogP contribution in [-0.2, 0) is 26.6 Å². The molecule has 3 aromatic rings. The number of ether oxygens (including phenoxy) is 1. The van der Waals surface area contributed by atoms with Gasteiger partial charge in [-0.3, -0.25) is 14.5 Å². The van der Waals surface area contributed by atoms with Crippen LogP contribution in [-0.4, -0.2) is 57.5 Å². The van der Waals surface area contributed by atoms with E-state index in [1.54, 1.807) is 18.2 Å². The first-order valence-electron chi connectivity index (χ1n) is 12.9. The van der Waals surface area contributed by atoms with Crippen LogP contribution in [0.4, 0.5) is 4.39 Å². The summed E-state index contributed by atoms with van der Waals surface area (Å²) in [6.45, 7) is 8.26. The van der Waals surface area contributed by atoms with Crippen LogP contribution >= 0.6 is 0 Å². The molecule has 1 aliphatic heterocycles. The van der Waals surface area contributed by atoms with Crippen LogP contribution in [0.25, 0.3) is 0 Å². The molecule has 0 radical (unpaired) electrons. The number of halogens is 1. The van der Waals surface area contributed by atoms with Gasteiger partial charge in [-0.15, -0.1) is 0 Å². The van der Waals surface area contributed by atoms with Crippen LogP contribution in [0, 0.1) is 18.7 Å². The van der Waals surface area contributed by atoms with Crippen molar-refractivity contribution in [2.75, 3.05) is 26.7 Å². The van der Waals surface area contributed by atoms with Gasteiger partial charge in [0.15, 0.2) is 11.5 Å². The van der Waals surface area contributed by atoms with E-state index in [1.807, 2.05) is 42.9 Å². The summed E-state index contributed by atoms with van der Waals surface area (Å²) < 4.78 is 21.0. The van der Waals surface area contributed by atoms with Crippen LogP contribution in [0.5, 0.6) is 11.5 Å². The SMILES string of the molecule is CCOc1cc(CN2CCC([C@H](Cc3ccc(F)cc3)N(C)Cc3cn(C)nc3C)CC2)ccc1O. The van der Waals surface area contributed by atoms with Crippen LogP contribution < -0.4 is 4.74 Å². The van der Waals surface area contributed by atoms with Crippen molar-refractivity contribution in [3.05, 3.63) is 76.9 Å². The van der Waals surface area contributed by atoms with Crippen LogP contribution in [0.3, 0.4) is 0 Å². The molecule has 7 heteroatoms. The Morgan fingerprint density at radius 3 is 2.47 bits per heavy atom. The Morgan fingerprint density at radius 2 is 1.83 bits per heavy atom. The first-order valence-corrected chi connectivity index (χ1v) is 12.9. The van der Waals surface area contributed by atoms with Gasteiger partial charge in [-0.1, -0.05) is 18.2 Å². The molecule has 1 N–H and O–H groups in total. The van der Waals surface area contributed by atoms with Gasteiger partial charge in [0.2, 0.25) is 0 Å². The Kier molecular flexibility index (Phi) is 8.64. The lowest BCUT2D eigenvalue weighted by Crippen LogP contribution is -2.45. The van der Waals surface area contributed by atoms with E-state index in [9.17, 15) is 9.50 Å². The fourth-order valence-corrected chi connectivity index (χ4v) is 5.42. The molecule has 0 aliphatic carbocycles. The minimum absolute atomic E-state index is 0.190. The molecule has 36 heavy (non-hydrogen) atoms. The highest BCUT2D eigenvalue weighted by Crippen LogP contribution is 2.30. The van der Waals surface area contributed by atoms with Gasteiger partial charge in [0, 0.05) is 37.9 Å². The van der Waals surface area contributed by atoms with Crippen molar-refractivity contribution in [3.8, 4) is 11.5 Å². The predicted molar refractivity (Wildman–Crippen MR) is 141 cm³/mol. The average molecular weight is 495 g/mol. The maximum Gasteiger partial charge on any atom is 0.161 e. The Balaban J connectivity index is 1.43. The van der Waals surface area contributed by atoms with Gasteiger partial charge in [-0.2, -0.15) is 5.10 Å². The lowest BCUT2D eigenvalue weighted by Gasteiger charge is -2.40. The fourth-order valence-electron chi connectivity index (χ4n) is 5.42. The van der Waals surface area contributed by atoms with Crippen molar-refractivity contribution in [1.82, 2.24) is 19.6 Å². The maximum atomic E-state index is 13.5. The summed E-state index contributed by atoms with van der Waals surface area (Å²) in [5.74, 6) is 1.10. The van der Waals surface area contributed by atoms with E-state index in [0.29, 0.717) is 24.3 Å². The highest BCUT2D eigenvalue weighted by atomic mass is 19.1. The number of aromatic nitrogens is 2. The number of benzene rings is 2. The van der Waals surface area contributed by atoms with Crippen molar-refractivity contribution < 1.29 is 14.2 Å². The minimum atomic E-state index is -0.190. The number of hydrogen-bond donors (Lipinski definition) is 1. The standard InChI is InChI=1S/C29H39FN4O2/c1-5-36-29-17-23(8-11-28(29)35)18-34-14-12-24(13-15-34)27(16-22-6-9-26(30)10-7-22)32(3)19-25-20-33(4)31-21(25)2/h6-11,17,20,24,27,35H,5,12-16,18-19H2,1-4H3/t27-/m0/s1. The van der Waals surface area contributed by atoms with E-state index < -0.39 is 0 Å². The Hall–Kier alpha value is -2.90. The third-order valence-corrected chi connectivity index (χ3v) is 7.37. The molecule has 1 saturated heterocycles. The van der Waals surface area contributed by atoms with E-state index in [1.165, 1.54) is 11.1 Å². The molecule has 0 unspecified atom stereocenters. The zero-order valence-corrected chi connectivity index (χ0v) is 22.0. The number of hydrogen-bond acceptors (Lipinski definition) is 5. The van der Waals surface area contributed by atoms with Crippen molar-refractivity contribution in [2.24, 2.45) is 13.0 Å². The highest BCUT2D eigenvalue weighted by molar-refractivity contribution is 5.41. The highest BCUT2D eigenvalue weighted by Gasteiger charge is 2.30. The molecule has 2 aromatic carbocycles. The molecule has 4 rings (SSSR count). The van der Waals surface area contributed by atoms with Crippen LogP contribution in [0.1, 0.15) is 42.1 Å². The van der Waals surface area contributed by atoms with Gasteiger partial charge in [0.05, 0.1) is 12.3 Å². The molecular formula is C29H39FN4O2. The maximum absolute atomic E-state index is 13.5. The smallest absolute Gasteiger partial charge is 0.161 e. The van der Waals surface area contributed by atoms with Crippen LogP contribution in [0.2, 0.25) is 0 Å². The number of aromatic hydroxyl groups is 1.